The van der Waals surface area contributed by atoms with E-state index < -0.39 is 12.1 Å². The molecule has 6 heteroatoms. The lowest BCUT2D eigenvalue weighted by Gasteiger charge is -2.32. The Morgan fingerprint density at radius 2 is 2.17 bits per heavy atom. The van der Waals surface area contributed by atoms with Crippen molar-refractivity contribution in [2.75, 3.05) is 26.2 Å². The van der Waals surface area contributed by atoms with Crippen LogP contribution in [0.25, 0.3) is 0 Å². The quantitative estimate of drug-likeness (QED) is 0.730. The molecule has 1 aliphatic rings. The first kappa shape index (κ1) is 14.9. The summed E-state index contributed by atoms with van der Waals surface area (Å²) in [4.78, 5) is 24.4. The molecule has 1 aliphatic heterocycles. The molecular weight excluding hydrogens is 236 g/mol. The fraction of sp³-hybridized carbons (Fsp3) is 0.833. The molecule has 6 nitrogen and oxygen atoms in total. The van der Waals surface area contributed by atoms with Crippen LogP contribution in [0, 0.1) is 0 Å². The normalized spacial score (nSPS) is 21.6. The smallest absolute Gasteiger partial charge is 0.334 e. The number of morpholine rings is 1. The number of rotatable bonds is 5. The van der Waals surface area contributed by atoms with E-state index in [0.717, 1.165) is 6.42 Å². The Hall–Kier alpha value is -1.14. The molecule has 1 atom stereocenters. The van der Waals surface area contributed by atoms with Gasteiger partial charge >= 0.3 is 5.97 Å². The SMILES string of the molecule is CCC(C)(C)NC(=O)CN1CCOC(C(=O)O)C1. The third-order valence-electron chi connectivity index (χ3n) is 3.15. The van der Waals surface area contributed by atoms with Crippen molar-refractivity contribution in [1.82, 2.24) is 10.2 Å². The monoisotopic (exact) mass is 258 g/mol. The van der Waals surface area contributed by atoms with Crippen molar-refractivity contribution in [2.24, 2.45) is 0 Å². The summed E-state index contributed by atoms with van der Waals surface area (Å²) >= 11 is 0. The molecule has 1 rings (SSSR count). The second-order valence-corrected chi connectivity index (χ2v) is 5.22. The van der Waals surface area contributed by atoms with Crippen LogP contribution in [-0.4, -0.2) is 59.8 Å². The number of carbonyl (C=O) groups is 2. The van der Waals surface area contributed by atoms with Crippen molar-refractivity contribution in [1.29, 1.82) is 0 Å². The largest absolute Gasteiger partial charge is 0.479 e. The van der Waals surface area contributed by atoms with Gasteiger partial charge in [-0.2, -0.15) is 0 Å². The third kappa shape index (κ3) is 4.62. The average molecular weight is 258 g/mol. The number of aliphatic carboxylic acids is 1. The first-order valence-electron chi connectivity index (χ1n) is 6.22. The Balaban J connectivity index is 2.42. The minimum Gasteiger partial charge on any atom is -0.479 e. The maximum absolute atomic E-state index is 11.8. The van der Waals surface area contributed by atoms with Crippen LogP contribution in [0.3, 0.4) is 0 Å². The van der Waals surface area contributed by atoms with Crippen LogP contribution in [-0.2, 0) is 14.3 Å². The second-order valence-electron chi connectivity index (χ2n) is 5.22. The number of carboxylic acid groups (broad SMARTS) is 1. The van der Waals surface area contributed by atoms with Crippen LogP contribution in [0.15, 0.2) is 0 Å². The van der Waals surface area contributed by atoms with E-state index in [2.05, 4.69) is 5.32 Å². The Bertz CT molecular complexity index is 317. The van der Waals surface area contributed by atoms with Gasteiger partial charge in [0, 0.05) is 18.6 Å². The molecule has 0 spiro atoms. The van der Waals surface area contributed by atoms with Crippen molar-refractivity contribution >= 4 is 11.9 Å². The van der Waals surface area contributed by atoms with Gasteiger partial charge in [0.25, 0.3) is 0 Å². The van der Waals surface area contributed by atoms with Gasteiger partial charge in [0.1, 0.15) is 0 Å². The van der Waals surface area contributed by atoms with E-state index in [9.17, 15) is 9.59 Å². The fourth-order valence-corrected chi connectivity index (χ4v) is 1.70. The van der Waals surface area contributed by atoms with Crippen LogP contribution in [0.2, 0.25) is 0 Å². The summed E-state index contributed by atoms with van der Waals surface area (Å²) in [6.45, 7) is 7.35. The first-order valence-corrected chi connectivity index (χ1v) is 6.22. The minimum absolute atomic E-state index is 0.0760. The molecule has 104 valence electrons. The lowest BCUT2D eigenvalue weighted by Crippen LogP contribution is -2.52. The lowest BCUT2D eigenvalue weighted by atomic mass is 10.0. The maximum atomic E-state index is 11.8. The second kappa shape index (κ2) is 6.15. The van der Waals surface area contributed by atoms with Gasteiger partial charge < -0.3 is 15.2 Å². The van der Waals surface area contributed by atoms with Crippen LogP contribution in [0.1, 0.15) is 27.2 Å². The topological polar surface area (TPSA) is 78.9 Å². The van der Waals surface area contributed by atoms with Gasteiger partial charge in [0.2, 0.25) is 5.91 Å². The third-order valence-corrected chi connectivity index (χ3v) is 3.15. The molecule has 0 saturated carbocycles. The summed E-state index contributed by atoms with van der Waals surface area (Å²) in [6.07, 6.45) is 0.0188. The molecular formula is C12H22N2O4. The van der Waals surface area contributed by atoms with Gasteiger partial charge in [-0.05, 0) is 20.3 Å². The molecule has 18 heavy (non-hydrogen) atoms. The standard InChI is InChI=1S/C12H22N2O4/c1-4-12(2,3)13-10(15)8-14-5-6-18-9(7-14)11(16)17/h9H,4-8H2,1-3H3,(H,13,15)(H,16,17). The molecule has 1 amide bonds. The summed E-state index contributed by atoms with van der Waals surface area (Å²) in [7, 11) is 0. The van der Waals surface area contributed by atoms with Gasteiger partial charge in [-0.25, -0.2) is 4.79 Å². The number of amides is 1. The van der Waals surface area contributed by atoms with Crippen LogP contribution in [0.5, 0.6) is 0 Å². The zero-order valence-electron chi connectivity index (χ0n) is 11.2. The van der Waals surface area contributed by atoms with Crippen molar-refractivity contribution in [3.8, 4) is 0 Å². The predicted octanol–water partition coefficient (Wildman–Crippen LogP) is 0.0766. The maximum Gasteiger partial charge on any atom is 0.334 e. The van der Waals surface area contributed by atoms with Gasteiger partial charge in [-0.15, -0.1) is 0 Å². The van der Waals surface area contributed by atoms with E-state index in [1.54, 1.807) is 0 Å². The Kier molecular flexibility index (Phi) is 5.10. The zero-order valence-corrected chi connectivity index (χ0v) is 11.2. The molecule has 0 aromatic carbocycles. The van der Waals surface area contributed by atoms with E-state index in [0.29, 0.717) is 13.2 Å². The number of carbonyl (C=O) groups excluding carboxylic acids is 1. The fourth-order valence-electron chi connectivity index (χ4n) is 1.70. The lowest BCUT2D eigenvalue weighted by molar-refractivity contribution is -0.156. The van der Waals surface area contributed by atoms with Crippen molar-refractivity contribution in [3.05, 3.63) is 0 Å². The molecule has 1 unspecified atom stereocenters. The number of ether oxygens (including phenoxy) is 1. The van der Waals surface area contributed by atoms with E-state index in [4.69, 9.17) is 9.84 Å². The molecule has 1 heterocycles. The number of hydrogen-bond acceptors (Lipinski definition) is 4. The van der Waals surface area contributed by atoms with E-state index in [1.165, 1.54) is 0 Å². The highest BCUT2D eigenvalue weighted by Crippen LogP contribution is 2.08. The number of hydrogen-bond donors (Lipinski definition) is 2. The van der Waals surface area contributed by atoms with Gasteiger partial charge in [-0.1, -0.05) is 6.92 Å². The predicted molar refractivity (Wildman–Crippen MR) is 66.3 cm³/mol. The van der Waals surface area contributed by atoms with E-state index >= 15 is 0 Å². The summed E-state index contributed by atoms with van der Waals surface area (Å²) in [5.41, 5.74) is -0.227. The van der Waals surface area contributed by atoms with Gasteiger partial charge in [0.05, 0.1) is 13.2 Å². The molecule has 1 fully saturated rings. The molecule has 1 saturated heterocycles. The van der Waals surface area contributed by atoms with Crippen LogP contribution >= 0.6 is 0 Å². The van der Waals surface area contributed by atoms with E-state index in [1.807, 2.05) is 25.7 Å². The summed E-state index contributed by atoms with van der Waals surface area (Å²) in [5, 5.41) is 11.8. The van der Waals surface area contributed by atoms with Gasteiger partial charge in [0.15, 0.2) is 6.10 Å². The molecule has 0 aliphatic carbocycles. The van der Waals surface area contributed by atoms with Crippen LogP contribution in [0.4, 0.5) is 0 Å². The highest BCUT2D eigenvalue weighted by molar-refractivity contribution is 5.79. The average Bonchev–Trinajstić information content (AvgIpc) is 2.28. The van der Waals surface area contributed by atoms with Crippen LogP contribution < -0.4 is 5.32 Å². The highest BCUT2D eigenvalue weighted by atomic mass is 16.5. The number of carboxylic acids is 1. The van der Waals surface area contributed by atoms with Crippen molar-refractivity contribution < 1.29 is 19.4 Å². The summed E-state index contributed by atoms with van der Waals surface area (Å²) in [6, 6.07) is 0. The Morgan fingerprint density at radius 1 is 1.50 bits per heavy atom. The van der Waals surface area contributed by atoms with Crippen molar-refractivity contribution in [3.63, 3.8) is 0 Å². The van der Waals surface area contributed by atoms with E-state index in [-0.39, 0.29) is 24.5 Å². The first-order chi connectivity index (χ1) is 8.34. The van der Waals surface area contributed by atoms with Crippen molar-refractivity contribution in [2.45, 2.75) is 38.8 Å². The highest BCUT2D eigenvalue weighted by Gasteiger charge is 2.28. The zero-order chi connectivity index (χ0) is 13.8. The molecule has 2 N–H and O–H groups in total. The molecule has 0 aromatic rings. The molecule has 0 bridgehead atoms. The Morgan fingerprint density at radius 3 is 2.72 bits per heavy atom. The number of nitrogens with zero attached hydrogens (tertiary/aromatic N) is 1. The summed E-state index contributed by atoms with van der Waals surface area (Å²) in [5.74, 6) is -1.05. The van der Waals surface area contributed by atoms with Gasteiger partial charge in [-0.3, -0.25) is 9.69 Å². The summed E-state index contributed by atoms with van der Waals surface area (Å²) < 4.78 is 5.10. The Labute approximate surface area is 107 Å². The molecule has 0 aromatic heterocycles. The molecule has 0 radical (unpaired) electrons. The number of nitrogens with one attached hydrogen (secondary N) is 1. The minimum atomic E-state index is -0.978.